The van der Waals surface area contributed by atoms with E-state index in [9.17, 15) is 20.3 Å². The fourth-order valence-electron chi connectivity index (χ4n) is 2.09. The number of rotatable bonds is 5. The van der Waals surface area contributed by atoms with E-state index in [-0.39, 0.29) is 29.3 Å². The van der Waals surface area contributed by atoms with Crippen molar-refractivity contribution >= 4 is 5.91 Å². The molecule has 124 valence electrons. The van der Waals surface area contributed by atoms with E-state index in [4.69, 9.17) is 0 Å². The van der Waals surface area contributed by atoms with Gasteiger partial charge in [0.2, 0.25) is 17.1 Å². The molecule has 0 radical (unpaired) electrons. The van der Waals surface area contributed by atoms with E-state index >= 15 is 0 Å². The molecule has 9 nitrogen and oxygen atoms in total. The Morgan fingerprint density at radius 3 is 2.83 bits per heavy atom. The van der Waals surface area contributed by atoms with E-state index in [1.807, 2.05) is 19.0 Å². The van der Waals surface area contributed by atoms with Crippen molar-refractivity contribution in [2.45, 2.75) is 6.54 Å². The Morgan fingerprint density at radius 1 is 1.43 bits per heavy atom. The monoisotopic (exact) mass is 320 g/mol. The number of amides is 1. The summed E-state index contributed by atoms with van der Waals surface area (Å²) in [5.41, 5.74) is 0.307. The van der Waals surface area contributed by atoms with Crippen molar-refractivity contribution in [2.75, 3.05) is 27.2 Å². The minimum absolute atomic E-state index is 0.0149. The molecular weight excluding hydrogens is 302 g/mol. The van der Waals surface area contributed by atoms with Crippen LogP contribution in [0.4, 0.5) is 0 Å². The van der Waals surface area contributed by atoms with Gasteiger partial charge in [-0.05, 0) is 20.2 Å². The molecule has 0 saturated carbocycles. The summed E-state index contributed by atoms with van der Waals surface area (Å²) in [7, 11) is 3.78. The van der Waals surface area contributed by atoms with Gasteiger partial charge in [0, 0.05) is 19.2 Å². The number of hydrogen-bond acceptors (Lipinski definition) is 6. The zero-order chi connectivity index (χ0) is 17.0. The summed E-state index contributed by atoms with van der Waals surface area (Å²) in [4.78, 5) is 17.3. The van der Waals surface area contributed by atoms with Gasteiger partial charge in [-0.15, -0.1) is 0 Å². The Balaban J connectivity index is 2.28. The van der Waals surface area contributed by atoms with Crippen LogP contribution in [-0.2, 0) is 11.3 Å². The number of hydrogen-bond donors (Lipinski definition) is 2. The van der Waals surface area contributed by atoms with Gasteiger partial charge in [0.1, 0.15) is 12.1 Å². The number of fused-ring (bicyclic) bond motifs is 1. The maximum atomic E-state index is 11.9. The molecule has 0 aromatic rings. The van der Waals surface area contributed by atoms with E-state index in [0.717, 1.165) is 0 Å². The zero-order valence-corrected chi connectivity index (χ0v) is 12.9. The number of benzene rings is 1. The first-order chi connectivity index (χ1) is 10.9. The standard InChI is InChI=1S/C14H18N5O4/c1-17(2)7-6-15-12(20)8-18-9-16-10-4-3-5-11(19(22)23)13(10)14(18)21/h3-5,9H,6-8H2,1-2H3,(H2-,15,20,21,22,23)/q-1. The molecular formula is C14H18N5O4-. The van der Waals surface area contributed by atoms with E-state index in [1.54, 1.807) is 6.07 Å². The van der Waals surface area contributed by atoms with Crippen molar-refractivity contribution in [3.63, 3.8) is 0 Å². The highest BCUT2D eigenvalue weighted by Gasteiger charge is 2.18. The molecule has 2 aliphatic rings. The Morgan fingerprint density at radius 2 is 2.17 bits per heavy atom. The number of aromatic nitrogens is 2. The highest BCUT2D eigenvalue weighted by molar-refractivity contribution is 5.76. The van der Waals surface area contributed by atoms with Crippen LogP contribution in [0.15, 0.2) is 24.5 Å². The summed E-state index contributed by atoms with van der Waals surface area (Å²) < 4.78 is 1.18. The molecule has 0 unspecified atom stereocenters. The number of carbonyl (C=O) groups excluding carboxylic acids is 1. The van der Waals surface area contributed by atoms with Gasteiger partial charge < -0.3 is 25.7 Å². The second-order valence-electron chi connectivity index (χ2n) is 5.28. The van der Waals surface area contributed by atoms with Crippen LogP contribution >= 0.6 is 0 Å². The number of nitrogens with zero attached hydrogens (tertiary/aromatic N) is 4. The van der Waals surface area contributed by atoms with Crippen LogP contribution in [0.3, 0.4) is 0 Å². The largest absolute Gasteiger partial charge is 0.612 e. The maximum Gasteiger partial charge on any atom is 0.240 e. The third kappa shape index (κ3) is 3.89. The van der Waals surface area contributed by atoms with Crippen LogP contribution in [0.2, 0.25) is 0 Å². The summed E-state index contributed by atoms with van der Waals surface area (Å²) >= 11 is 0. The van der Waals surface area contributed by atoms with Crippen molar-refractivity contribution in [1.82, 2.24) is 24.7 Å². The SMILES string of the molecule is CN(C)CCNC(=O)Cn1cnc2cccc(=[N+]([O-])[O-])c-2c1O. The summed E-state index contributed by atoms with van der Waals surface area (Å²) in [6.45, 7) is 0.979. The van der Waals surface area contributed by atoms with E-state index in [2.05, 4.69) is 10.3 Å². The van der Waals surface area contributed by atoms with Gasteiger partial charge in [-0.3, -0.25) is 9.36 Å². The van der Waals surface area contributed by atoms with Gasteiger partial charge in [0.25, 0.3) is 0 Å². The van der Waals surface area contributed by atoms with Crippen LogP contribution in [0.1, 0.15) is 0 Å². The number of aromatic hydroxyl groups is 1. The van der Waals surface area contributed by atoms with Gasteiger partial charge in [-0.2, -0.15) is 4.90 Å². The lowest BCUT2D eigenvalue weighted by Gasteiger charge is -2.15. The Hall–Kier alpha value is -2.81. The van der Waals surface area contributed by atoms with E-state index in [0.29, 0.717) is 18.8 Å². The zero-order valence-electron chi connectivity index (χ0n) is 12.9. The molecule has 1 aliphatic carbocycles. The fraction of sp³-hybridized carbons (Fsp3) is 0.357. The van der Waals surface area contributed by atoms with Crippen molar-refractivity contribution in [3.05, 3.63) is 40.3 Å². The lowest BCUT2D eigenvalue weighted by molar-refractivity contribution is -0.121. The van der Waals surface area contributed by atoms with E-state index in [1.165, 1.54) is 23.0 Å². The maximum absolute atomic E-state index is 11.9. The molecule has 2 N–H and O–H groups in total. The normalized spacial score (nSPS) is 10.9. The van der Waals surface area contributed by atoms with Crippen molar-refractivity contribution < 1.29 is 9.90 Å². The molecule has 0 atom stereocenters. The van der Waals surface area contributed by atoms with E-state index < -0.39 is 4.90 Å². The molecule has 23 heavy (non-hydrogen) atoms. The summed E-state index contributed by atoms with van der Waals surface area (Å²) in [5, 5.41) is 34.9. The topological polar surface area (TPSA) is 120 Å². The highest BCUT2D eigenvalue weighted by Crippen LogP contribution is 2.24. The lowest BCUT2D eigenvalue weighted by atomic mass is 10.1. The van der Waals surface area contributed by atoms with Crippen LogP contribution in [0, 0.1) is 10.4 Å². The smallest absolute Gasteiger partial charge is 0.240 e. The molecule has 0 aromatic heterocycles. The van der Waals surface area contributed by atoms with Gasteiger partial charge in [-0.25, -0.2) is 4.98 Å². The third-order valence-electron chi connectivity index (χ3n) is 3.24. The fourth-order valence-corrected chi connectivity index (χ4v) is 2.09. The first-order valence-electron chi connectivity index (χ1n) is 6.96. The number of likely N-dealkylation sites (N-methyl/N-ethyl adjacent to an activating group) is 1. The predicted octanol–water partition coefficient (Wildman–Crippen LogP) is -0.861. The van der Waals surface area contributed by atoms with Gasteiger partial charge in [0.15, 0.2) is 0 Å². The van der Waals surface area contributed by atoms with Crippen molar-refractivity contribution in [3.8, 4) is 17.1 Å². The van der Waals surface area contributed by atoms with Crippen molar-refractivity contribution in [1.29, 1.82) is 0 Å². The first-order valence-corrected chi connectivity index (χ1v) is 6.96. The number of nitrogens with one attached hydrogen (secondary N) is 1. The van der Waals surface area contributed by atoms with Gasteiger partial charge in [0.05, 0.1) is 12.0 Å². The van der Waals surface area contributed by atoms with Crippen molar-refractivity contribution in [2.24, 2.45) is 0 Å². The molecule has 2 rings (SSSR count). The average molecular weight is 320 g/mol. The number of carbonyl (C=O) groups is 1. The quantitative estimate of drug-likeness (QED) is 0.692. The molecule has 9 heteroatoms. The second kappa shape index (κ2) is 6.97. The molecule has 1 aliphatic heterocycles. The second-order valence-corrected chi connectivity index (χ2v) is 5.28. The first kappa shape index (κ1) is 16.6. The van der Waals surface area contributed by atoms with Crippen LogP contribution in [0.5, 0.6) is 5.88 Å². The van der Waals surface area contributed by atoms with Crippen LogP contribution < -0.4 is 15.6 Å². The molecule has 1 amide bonds. The minimum atomic E-state index is -0.592. The summed E-state index contributed by atoms with van der Waals surface area (Å²) in [6.07, 6.45) is 1.28. The highest BCUT2D eigenvalue weighted by atomic mass is 16.8. The average Bonchev–Trinajstić information content (AvgIpc) is 2.49. The summed E-state index contributed by atoms with van der Waals surface area (Å²) in [5.74, 6) is -0.669. The molecule has 0 fully saturated rings. The van der Waals surface area contributed by atoms with Gasteiger partial charge in [-0.1, -0.05) is 6.07 Å². The van der Waals surface area contributed by atoms with Crippen LogP contribution in [0.25, 0.3) is 11.3 Å². The Kier molecular flexibility index (Phi) is 5.02. The van der Waals surface area contributed by atoms with Crippen LogP contribution in [-0.4, -0.2) is 52.6 Å². The minimum Gasteiger partial charge on any atom is -0.612 e. The Bertz CT molecular complexity index is 736. The third-order valence-corrected chi connectivity index (χ3v) is 3.24. The molecule has 0 spiro atoms. The predicted molar refractivity (Wildman–Crippen MR) is 84.1 cm³/mol. The summed E-state index contributed by atoms with van der Waals surface area (Å²) in [6, 6.07) is 4.33. The molecule has 1 heterocycles. The lowest BCUT2D eigenvalue weighted by Crippen LogP contribution is -2.34. The molecule has 0 aromatic carbocycles. The Labute approximate surface area is 132 Å². The molecule has 0 saturated heterocycles. The molecule has 0 bridgehead atoms. The van der Waals surface area contributed by atoms with Gasteiger partial charge >= 0.3 is 0 Å².